The van der Waals surface area contributed by atoms with Gasteiger partial charge in [0.2, 0.25) is 17.7 Å². The molecule has 0 aliphatic carbocycles. The molecule has 2 aliphatic heterocycles. The van der Waals surface area contributed by atoms with Crippen molar-refractivity contribution in [2.45, 2.75) is 46.1 Å². The van der Waals surface area contributed by atoms with E-state index in [1.54, 1.807) is 0 Å². The number of nitrogens with zero attached hydrogens (tertiary/aromatic N) is 4. The fourth-order valence-electron chi connectivity index (χ4n) is 3.64. The summed E-state index contributed by atoms with van der Waals surface area (Å²) >= 11 is 0. The Kier molecular flexibility index (Phi) is 5.74. The second kappa shape index (κ2) is 7.83. The third kappa shape index (κ3) is 4.20. The maximum atomic E-state index is 13.1. The van der Waals surface area contributed by atoms with Crippen LogP contribution in [-0.2, 0) is 9.53 Å². The first kappa shape index (κ1) is 18.3. The SMILES string of the molecule is CC(C)CN1CC[C@@H](C(=O)N2CCOC[C@H]2c2nnc(C(C)C)o2)C1. The minimum absolute atomic E-state index is 0.0619. The minimum Gasteiger partial charge on any atom is -0.423 e. The van der Waals surface area contributed by atoms with Crippen LogP contribution in [0.4, 0.5) is 0 Å². The molecule has 0 spiro atoms. The number of likely N-dealkylation sites (tertiary alicyclic amines) is 1. The molecule has 7 nitrogen and oxygen atoms in total. The Morgan fingerprint density at radius 3 is 2.72 bits per heavy atom. The van der Waals surface area contributed by atoms with Crippen molar-refractivity contribution in [1.82, 2.24) is 20.0 Å². The largest absolute Gasteiger partial charge is 0.423 e. The van der Waals surface area contributed by atoms with E-state index in [0.29, 0.717) is 37.5 Å². The lowest BCUT2D eigenvalue weighted by atomic mass is 10.1. The van der Waals surface area contributed by atoms with E-state index in [4.69, 9.17) is 9.15 Å². The van der Waals surface area contributed by atoms with E-state index in [1.165, 1.54) is 0 Å². The molecular formula is C18H30N4O3. The van der Waals surface area contributed by atoms with Crippen LogP contribution in [0.2, 0.25) is 0 Å². The third-order valence-corrected chi connectivity index (χ3v) is 4.89. The summed E-state index contributed by atoms with van der Waals surface area (Å²) in [4.78, 5) is 17.4. The minimum atomic E-state index is -0.264. The third-order valence-electron chi connectivity index (χ3n) is 4.89. The van der Waals surface area contributed by atoms with Crippen molar-refractivity contribution in [2.75, 3.05) is 39.4 Å². The molecule has 0 unspecified atom stereocenters. The van der Waals surface area contributed by atoms with Gasteiger partial charge in [-0.25, -0.2) is 0 Å². The zero-order valence-corrected chi connectivity index (χ0v) is 15.8. The molecule has 0 N–H and O–H groups in total. The Bertz CT molecular complexity index is 587. The quantitative estimate of drug-likeness (QED) is 0.809. The number of amides is 1. The molecular weight excluding hydrogens is 320 g/mol. The number of hydrogen-bond donors (Lipinski definition) is 0. The van der Waals surface area contributed by atoms with E-state index in [2.05, 4.69) is 28.9 Å². The number of carbonyl (C=O) groups is 1. The molecule has 0 radical (unpaired) electrons. The Hall–Kier alpha value is -1.47. The highest BCUT2D eigenvalue weighted by Gasteiger charge is 2.38. The highest BCUT2D eigenvalue weighted by Crippen LogP contribution is 2.29. The topological polar surface area (TPSA) is 71.7 Å². The molecule has 7 heteroatoms. The van der Waals surface area contributed by atoms with Crippen LogP contribution in [0, 0.1) is 11.8 Å². The van der Waals surface area contributed by atoms with Gasteiger partial charge in [-0.2, -0.15) is 0 Å². The first-order valence-electron chi connectivity index (χ1n) is 9.39. The highest BCUT2D eigenvalue weighted by atomic mass is 16.5. The molecule has 3 rings (SSSR count). The average molecular weight is 350 g/mol. The second-order valence-electron chi connectivity index (χ2n) is 7.89. The first-order chi connectivity index (χ1) is 12.0. The van der Waals surface area contributed by atoms with E-state index in [1.807, 2.05) is 18.7 Å². The van der Waals surface area contributed by atoms with Crippen molar-refractivity contribution in [3.63, 3.8) is 0 Å². The van der Waals surface area contributed by atoms with Gasteiger partial charge in [0.15, 0.2) is 0 Å². The van der Waals surface area contributed by atoms with Crippen molar-refractivity contribution in [3.8, 4) is 0 Å². The number of aromatic nitrogens is 2. The lowest BCUT2D eigenvalue weighted by Gasteiger charge is -2.35. The van der Waals surface area contributed by atoms with Crippen molar-refractivity contribution in [2.24, 2.45) is 11.8 Å². The van der Waals surface area contributed by atoms with Gasteiger partial charge in [-0.3, -0.25) is 4.79 Å². The van der Waals surface area contributed by atoms with Crippen LogP contribution in [0.15, 0.2) is 4.42 Å². The first-order valence-corrected chi connectivity index (χ1v) is 9.39. The molecule has 140 valence electrons. The Labute approximate surface area is 149 Å². The molecule has 0 aromatic carbocycles. The molecule has 0 bridgehead atoms. The van der Waals surface area contributed by atoms with Crippen molar-refractivity contribution >= 4 is 5.91 Å². The average Bonchev–Trinajstić information content (AvgIpc) is 3.23. The van der Waals surface area contributed by atoms with E-state index in [0.717, 1.165) is 26.1 Å². The molecule has 2 saturated heterocycles. The molecule has 1 amide bonds. The molecule has 1 aromatic heterocycles. The predicted molar refractivity (Wildman–Crippen MR) is 93.0 cm³/mol. The monoisotopic (exact) mass is 350 g/mol. The molecule has 2 fully saturated rings. The van der Waals surface area contributed by atoms with Gasteiger partial charge in [-0.15, -0.1) is 10.2 Å². The Morgan fingerprint density at radius 2 is 2.04 bits per heavy atom. The summed E-state index contributed by atoms with van der Waals surface area (Å²) in [6.07, 6.45) is 0.927. The van der Waals surface area contributed by atoms with E-state index < -0.39 is 0 Å². The standard InChI is InChI=1S/C18H30N4O3/c1-12(2)9-21-6-5-14(10-21)18(23)22-7-8-24-11-15(22)17-20-19-16(25-17)13(3)4/h12-15H,5-11H2,1-4H3/t14-,15+/m1/s1. The van der Waals surface area contributed by atoms with Crippen molar-refractivity contribution < 1.29 is 13.9 Å². The summed E-state index contributed by atoms with van der Waals surface area (Å²) in [6, 6.07) is -0.264. The number of carbonyl (C=O) groups excluding carboxylic acids is 1. The zero-order chi connectivity index (χ0) is 18.0. The summed E-state index contributed by atoms with van der Waals surface area (Å²) in [5.41, 5.74) is 0. The fourth-order valence-corrected chi connectivity index (χ4v) is 3.64. The van der Waals surface area contributed by atoms with E-state index in [-0.39, 0.29) is 23.8 Å². The number of hydrogen-bond acceptors (Lipinski definition) is 6. The van der Waals surface area contributed by atoms with Crippen LogP contribution in [0.3, 0.4) is 0 Å². The predicted octanol–water partition coefficient (Wildman–Crippen LogP) is 2.07. The van der Waals surface area contributed by atoms with Crippen molar-refractivity contribution in [3.05, 3.63) is 11.8 Å². The molecule has 2 aliphatic rings. The van der Waals surface area contributed by atoms with E-state index in [9.17, 15) is 4.79 Å². The van der Waals surface area contributed by atoms with Crippen LogP contribution in [0.25, 0.3) is 0 Å². The van der Waals surface area contributed by atoms with Gasteiger partial charge in [-0.1, -0.05) is 27.7 Å². The van der Waals surface area contributed by atoms with Gasteiger partial charge in [0, 0.05) is 25.6 Å². The zero-order valence-electron chi connectivity index (χ0n) is 15.8. The lowest BCUT2D eigenvalue weighted by molar-refractivity contribution is -0.145. The molecule has 3 heterocycles. The molecule has 1 aromatic rings. The van der Waals surface area contributed by atoms with Crippen LogP contribution in [0.1, 0.15) is 57.9 Å². The molecule has 0 saturated carbocycles. The van der Waals surface area contributed by atoms with Gasteiger partial charge in [0.1, 0.15) is 6.04 Å². The van der Waals surface area contributed by atoms with Crippen LogP contribution in [0.5, 0.6) is 0 Å². The summed E-state index contributed by atoms with van der Waals surface area (Å²) in [7, 11) is 0. The van der Waals surface area contributed by atoms with Crippen molar-refractivity contribution in [1.29, 1.82) is 0 Å². The maximum Gasteiger partial charge on any atom is 0.241 e. The maximum absolute atomic E-state index is 13.1. The van der Waals surface area contributed by atoms with Gasteiger partial charge < -0.3 is 19.0 Å². The summed E-state index contributed by atoms with van der Waals surface area (Å²) < 4.78 is 11.4. The Morgan fingerprint density at radius 1 is 1.24 bits per heavy atom. The van der Waals surface area contributed by atoms with Crippen LogP contribution < -0.4 is 0 Å². The highest BCUT2D eigenvalue weighted by molar-refractivity contribution is 5.80. The van der Waals surface area contributed by atoms with Gasteiger partial charge in [0.25, 0.3) is 0 Å². The fraction of sp³-hybridized carbons (Fsp3) is 0.833. The van der Waals surface area contributed by atoms with Gasteiger partial charge >= 0.3 is 0 Å². The van der Waals surface area contributed by atoms with Crippen LogP contribution in [-0.4, -0.2) is 65.3 Å². The summed E-state index contributed by atoms with van der Waals surface area (Å²) in [5.74, 6) is 2.16. The normalized spacial score (nSPS) is 25.3. The summed E-state index contributed by atoms with van der Waals surface area (Å²) in [6.45, 7) is 12.9. The number of rotatable bonds is 5. The van der Waals surface area contributed by atoms with Gasteiger partial charge in [0.05, 0.1) is 19.1 Å². The van der Waals surface area contributed by atoms with E-state index >= 15 is 0 Å². The molecule has 25 heavy (non-hydrogen) atoms. The second-order valence-corrected chi connectivity index (χ2v) is 7.89. The van der Waals surface area contributed by atoms with Crippen LogP contribution >= 0.6 is 0 Å². The number of morpholine rings is 1. The van der Waals surface area contributed by atoms with Gasteiger partial charge in [-0.05, 0) is 18.9 Å². The number of ether oxygens (including phenoxy) is 1. The smallest absolute Gasteiger partial charge is 0.241 e. The molecule has 2 atom stereocenters. The Balaban J connectivity index is 1.69. The summed E-state index contributed by atoms with van der Waals surface area (Å²) in [5, 5.41) is 8.28. The lowest BCUT2D eigenvalue weighted by Crippen LogP contribution is -2.46.